The fourth-order valence-corrected chi connectivity index (χ4v) is 3.63. The van der Waals surface area contributed by atoms with Gasteiger partial charge in [0.15, 0.2) is 5.82 Å². The highest BCUT2D eigenvalue weighted by molar-refractivity contribution is 5.54. The van der Waals surface area contributed by atoms with Gasteiger partial charge in [-0.25, -0.2) is 0 Å². The third-order valence-electron chi connectivity index (χ3n) is 5.25. The summed E-state index contributed by atoms with van der Waals surface area (Å²) in [7, 11) is 0. The lowest BCUT2D eigenvalue weighted by atomic mass is 9.85. The lowest BCUT2D eigenvalue weighted by molar-refractivity contribution is -0.189. The van der Waals surface area contributed by atoms with E-state index in [1.54, 1.807) is 29.2 Å². The molecule has 2 aromatic carbocycles. The summed E-state index contributed by atoms with van der Waals surface area (Å²) in [5.74, 6) is -0.338. The van der Waals surface area contributed by atoms with Crippen LogP contribution in [0.4, 0.5) is 13.2 Å². The van der Waals surface area contributed by atoms with E-state index in [-0.39, 0.29) is 31.2 Å². The molecule has 3 aromatic rings. The number of aromatic nitrogens is 2. The molecule has 0 radical (unpaired) electrons. The van der Waals surface area contributed by atoms with Crippen LogP contribution in [0.2, 0.25) is 0 Å². The number of halogens is 3. The maximum Gasteiger partial charge on any atom is 0.402 e. The van der Waals surface area contributed by atoms with Crippen LogP contribution in [-0.4, -0.2) is 34.3 Å². The van der Waals surface area contributed by atoms with Gasteiger partial charge in [-0.2, -0.15) is 23.4 Å². The van der Waals surface area contributed by atoms with Crippen molar-refractivity contribution in [3.05, 3.63) is 71.5 Å². The number of alkyl halides is 3. The van der Waals surface area contributed by atoms with Gasteiger partial charge in [0.25, 0.3) is 5.89 Å². The van der Waals surface area contributed by atoms with Crippen molar-refractivity contribution < 1.29 is 17.7 Å². The highest BCUT2D eigenvalue weighted by Crippen LogP contribution is 2.47. The molecule has 0 aliphatic carbocycles. The van der Waals surface area contributed by atoms with Crippen LogP contribution in [0.5, 0.6) is 0 Å². The maximum atomic E-state index is 14.1. The second-order valence-electron chi connectivity index (χ2n) is 7.14. The Balaban J connectivity index is 1.61. The second-order valence-corrected chi connectivity index (χ2v) is 7.14. The van der Waals surface area contributed by atoms with E-state index in [0.717, 1.165) is 5.56 Å². The van der Waals surface area contributed by atoms with Gasteiger partial charge in [-0.05, 0) is 42.8 Å². The van der Waals surface area contributed by atoms with Crippen molar-refractivity contribution in [2.45, 2.75) is 24.6 Å². The Bertz CT molecular complexity index is 1020. The van der Waals surface area contributed by atoms with Crippen molar-refractivity contribution in [3.63, 3.8) is 0 Å². The van der Waals surface area contributed by atoms with E-state index >= 15 is 0 Å². The van der Waals surface area contributed by atoms with E-state index in [0.29, 0.717) is 17.7 Å². The molecule has 0 N–H and O–H groups in total. The summed E-state index contributed by atoms with van der Waals surface area (Å²) in [5, 5.41) is 12.6. The van der Waals surface area contributed by atoms with Crippen molar-refractivity contribution in [2.75, 3.05) is 13.1 Å². The summed E-state index contributed by atoms with van der Waals surface area (Å²) >= 11 is 0. The molecule has 0 spiro atoms. The molecule has 2 heterocycles. The van der Waals surface area contributed by atoms with Crippen LogP contribution < -0.4 is 0 Å². The predicted octanol–water partition coefficient (Wildman–Crippen LogP) is 4.31. The zero-order valence-corrected chi connectivity index (χ0v) is 15.4. The molecule has 1 saturated heterocycles. The topological polar surface area (TPSA) is 66.0 Å². The number of nitrogens with zero attached hydrogens (tertiary/aromatic N) is 4. The molecule has 1 fully saturated rings. The highest BCUT2D eigenvalue weighted by atomic mass is 19.4. The lowest BCUT2D eigenvalue weighted by Gasteiger charge is -2.28. The third-order valence-corrected chi connectivity index (χ3v) is 5.25. The standard InChI is InChI=1S/C21H17F3N4O/c22-21(23,24)20(10-11-28(14-20)13-16-4-2-1-3-5-16)19-26-18(29-27-19)17-8-6-15(12-25)7-9-17/h1-9H,10-11,13-14H2. The van der Waals surface area contributed by atoms with Gasteiger partial charge in [0.1, 0.15) is 5.41 Å². The predicted molar refractivity (Wildman–Crippen MR) is 98.5 cm³/mol. The fourth-order valence-electron chi connectivity index (χ4n) is 3.63. The minimum Gasteiger partial charge on any atom is -0.334 e. The average Bonchev–Trinajstić information content (AvgIpc) is 3.37. The van der Waals surface area contributed by atoms with E-state index in [4.69, 9.17) is 9.78 Å². The van der Waals surface area contributed by atoms with Crippen molar-refractivity contribution in [1.29, 1.82) is 5.26 Å². The van der Waals surface area contributed by atoms with Crippen molar-refractivity contribution in [3.8, 4) is 17.5 Å². The van der Waals surface area contributed by atoms with Crippen molar-refractivity contribution in [1.82, 2.24) is 15.0 Å². The monoisotopic (exact) mass is 398 g/mol. The van der Waals surface area contributed by atoms with Crippen LogP contribution in [0, 0.1) is 11.3 Å². The molecule has 1 unspecified atom stereocenters. The molecule has 0 amide bonds. The van der Waals surface area contributed by atoms with Crippen LogP contribution in [0.3, 0.4) is 0 Å². The maximum absolute atomic E-state index is 14.1. The number of hydrogen-bond donors (Lipinski definition) is 0. The van der Waals surface area contributed by atoms with Gasteiger partial charge in [0.05, 0.1) is 11.6 Å². The quantitative estimate of drug-likeness (QED) is 0.655. The molecule has 5 nitrogen and oxygen atoms in total. The second kappa shape index (κ2) is 7.33. The zero-order valence-electron chi connectivity index (χ0n) is 15.4. The van der Waals surface area contributed by atoms with Gasteiger partial charge < -0.3 is 4.52 Å². The smallest absolute Gasteiger partial charge is 0.334 e. The van der Waals surface area contributed by atoms with Crippen LogP contribution >= 0.6 is 0 Å². The Kier molecular flexibility index (Phi) is 4.84. The van der Waals surface area contributed by atoms with E-state index in [1.165, 1.54) is 0 Å². The fraction of sp³-hybridized carbons (Fsp3) is 0.286. The molecule has 148 valence electrons. The lowest BCUT2D eigenvalue weighted by Crippen LogP contribution is -2.45. The first-order valence-electron chi connectivity index (χ1n) is 9.09. The van der Waals surface area contributed by atoms with E-state index in [2.05, 4.69) is 10.1 Å². The van der Waals surface area contributed by atoms with Crippen LogP contribution in [0.25, 0.3) is 11.5 Å². The minimum absolute atomic E-state index is 0.00891. The number of nitriles is 1. The summed E-state index contributed by atoms with van der Waals surface area (Å²) in [6, 6.07) is 17.6. The van der Waals surface area contributed by atoms with Crippen LogP contribution in [-0.2, 0) is 12.0 Å². The Hall–Kier alpha value is -3.18. The van der Waals surface area contributed by atoms with Gasteiger partial charge in [-0.3, -0.25) is 4.90 Å². The summed E-state index contributed by atoms with van der Waals surface area (Å²) in [4.78, 5) is 5.86. The van der Waals surface area contributed by atoms with Gasteiger partial charge in [-0.15, -0.1) is 0 Å². The molecule has 1 aliphatic rings. The number of hydrogen-bond acceptors (Lipinski definition) is 5. The first-order chi connectivity index (χ1) is 13.9. The summed E-state index contributed by atoms with van der Waals surface area (Å²) < 4.78 is 47.6. The van der Waals surface area contributed by atoms with Gasteiger partial charge in [0, 0.05) is 18.7 Å². The molecule has 1 aliphatic heterocycles. The Morgan fingerprint density at radius 3 is 2.48 bits per heavy atom. The van der Waals surface area contributed by atoms with Crippen molar-refractivity contribution >= 4 is 0 Å². The van der Waals surface area contributed by atoms with E-state index in [9.17, 15) is 13.2 Å². The van der Waals surface area contributed by atoms with Gasteiger partial charge in [-0.1, -0.05) is 35.5 Å². The summed E-state index contributed by atoms with van der Waals surface area (Å²) in [5.41, 5.74) is -0.306. The van der Waals surface area contributed by atoms with Crippen LogP contribution in [0.15, 0.2) is 59.1 Å². The highest BCUT2D eigenvalue weighted by Gasteiger charge is 2.61. The number of benzene rings is 2. The summed E-state index contributed by atoms with van der Waals surface area (Å²) in [6.07, 6.45) is -4.64. The molecule has 1 atom stereocenters. The third kappa shape index (κ3) is 3.61. The zero-order chi connectivity index (χ0) is 20.5. The number of rotatable bonds is 4. The SMILES string of the molecule is N#Cc1ccc(-c2nc(C3(C(F)(F)F)CCN(Cc4ccccc4)C3)no2)cc1. The molecule has 0 saturated carbocycles. The van der Waals surface area contributed by atoms with Gasteiger partial charge >= 0.3 is 6.18 Å². The molecule has 1 aromatic heterocycles. The molecule has 4 rings (SSSR count). The molecular weight excluding hydrogens is 381 g/mol. The molecule has 29 heavy (non-hydrogen) atoms. The largest absolute Gasteiger partial charge is 0.402 e. The average molecular weight is 398 g/mol. The first-order valence-corrected chi connectivity index (χ1v) is 9.09. The van der Waals surface area contributed by atoms with Gasteiger partial charge in [0.2, 0.25) is 0 Å². The Morgan fingerprint density at radius 1 is 1.10 bits per heavy atom. The molecule has 8 heteroatoms. The Morgan fingerprint density at radius 2 is 1.83 bits per heavy atom. The first kappa shape index (κ1) is 19.2. The van der Waals surface area contributed by atoms with Crippen molar-refractivity contribution in [2.24, 2.45) is 0 Å². The number of likely N-dealkylation sites (tertiary alicyclic amines) is 1. The molecule has 0 bridgehead atoms. The minimum atomic E-state index is -4.51. The Labute approximate surface area is 165 Å². The molecular formula is C21H17F3N4O. The van der Waals surface area contributed by atoms with E-state index in [1.807, 2.05) is 36.4 Å². The van der Waals surface area contributed by atoms with Crippen LogP contribution in [0.1, 0.15) is 23.4 Å². The summed E-state index contributed by atoms with van der Waals surface area (Å²) in [6.45, 7) is 0.492. The van der Waals surface area contributed by atoms with E-state index < -0.39 is 11.6 Å². The normalized spacial score (nSPS) is 19.9.